The lowest BCUT2D eigenvalue weighted by Gasteiger charge is -2.05. The molecule has 0 amide bonds. The van der Waals surface area contributed by atoms with Gasteiger partial charge in [0.1, 0.15) is 6.61 Å². The van der Waals surface area contributed by atoms with Crippen LogP contribution in [0.3, 0.4) is 0 Å². The summed E-state index contributed by atoms with van der Waals surface area (Å²) in [7, 11) is -4.26. The van der Waals surface area contributed by atoms with Gasteiger partial charge in [-0.05, 0) is 6.42 Å². The van der Waals surface area contributed by atoms with Crippen LogP contribution in [-0.4, -0.2) is 46.7 Å². The number of hydrogen-bond donors (Lipinski definition) is 1. The molecule has 0 aliphatic rings. The molecular weight excluding hydrogens is 396 g/mol. The lowest BCUT2D eigenvalue weighted by molar-refractivity contribution is -0.139. The Bertz CT molecular complexity index is 491. The molecule has 0 aliphatic heterocycles. The molecular formula is C17H33O8S2-. The van der Waals surface area contributed by atoms with E-state index < -0.39 is 33.2 Å². The van der Waals surface area contributed by atoms with Gasteiger partial charge in [-0.15, -0.1) is 0 Å². The zero-order valence-electron chi connectivity index (χ0n) is 16.1. The van der Waals surface area contributed by atoms with Crippen molar-refractivity contribution in [3.05, 3.63) is 12.7 Å². The highest BCUT2D eigenvalue weighted by molar-refractivity contribution is 7.86. The van der Waals surface area contributed by atoms with Crippen LogP contribution < -0.4 is 0 Å². The molecule has 0 fully saturated rings. The molecule has 0 spiro atoms. The first kappa shape index (κ1) is 28.4. The van der Waals surface area contributed by atoms with Gasteiger partial charge in [0, 0.05) is 0 Å². The molecule has 0 heterocycles. The highest BCUT2D eigenvalue weighted by Gasteiger charge is 2.12. The Morgan fingerprint density at radius 1 is 1.07 bits per heavy atom. The van der Waals surface area contributed by atoms with Gasteiger partial charge in [0.05, 0.1) is 18.0 Å². The molecule has 8 nitrogen and oxygen atoms in total. The minimum absolute atomic E-state index is 0.0612. The molecule has 1 atom stereocenters. The highest BCUT2D eigenvalue weighted by atomic mass is 32.2. The van der Waals surface area contributed by atoms with Crippen LogP contribution >= 0.6 is 0 Å². The number of rotatable bonds is 16. The minimum atomic E-state index is -4.26. The smallest absolute Gasteiger partial charge is 0.323 e. The van der Waals surface area contributed by atoms with Crippen molar-refractivity contribution in [2.24, 2.45) is 0 Å². The Labute approximate surface area is 165 Å². The maximum atomic E-state index is 10.4. The van der Waals surface area contributed by atoms with Crippen LogP contribution in [0.15, 0.2) is 12.7 Å². The van der Waals surface area contributed by atoms with Crippen LogP contribution in [0, 0.1) is 0 Å². The van der Waals surface area contributed by atoms with Gasteiger partial charge < -0.3 is 13.5 Å². The highest BCUT2D eigenvalue weighted by Crippen LogP contribution is 2.10. The van der Waals surface area contributed by atoms with Crippen LogP contribution in [0.5, 0.6) is 0 Å². The van der Waals surface area contributed by atoms with Crippen LogP contribution in [0.4, 0.5) is 0 Å². The van der Waals surface area contributed by atoms with E-state index in [1.54, 1.807) is 0 Å². The van der Waals surface area contributed by atoms with Gasteiger partial charge in [0.15, 0.2) is 5.75 Å². The van der Waals surface area contributed by atoms with E-state index in [1.165, 1.54) is 57.4 Å². The molecule has 0 saturated carbocycles. The molecule has 0 aromatic rings. The standard InChI is InChI=1S/C12H26O3S.C5H8O5S/c1-2-3-4-5-6-7-8-9-10-11-12-15-16(13)14;1-2-3-10-5(6)4-11(7,8)9/h2-12H2,1H3,(H,13,14);2H,1,3-4H2,(H,7,8,9)/p-1. The Balaban J connectivity index is 0. The molecule has 0 aromatic carbocycles. The van der Waals surface area contributed by atoms with Gasteiger partial charge in [0.2, 0.25) is 0 Å². The summed E-state index contributed by atoms with van der Waals surface area (Å²) in [4.78, 5) is 10.4. The van der Waals surface area contributed by atoms with Gasteiger partial charge in [-0.1, -0.05) is 77.4 Å². The molecule has 1 unspecified atom stereocenters. The Kier molecular flexibility index (Phi) is 21.0. The zero-order valence-corrected chi connectivity index (χ0v) is 17.7. The molecule has 27 heavy (non-hydrogen) atoms. The first-order valence-corrected chi connectivity index (χ1v) is 11.8. The molecule has 1 N–H and O–H groups in total. The van der Waals surface area contributed by atoms with Crippen LogP contribution in [0.25, 0.3) is 0 Å². The maximum Gasteiger partial charge on any atom is 0.323 e. The lowest BCUT2D eigenvalue weighted by atomic mass is 10.1. The fourth-order valence-corrected chi connectivity index (χ4v) is 2.69. The van der Waals surface area contributed by atoms with Gasteiger partial charge >= 0.3 is 5.97 Å². The molecule has 0 bridgehead atoms. The predicted octanol–water partition coefficient (Wildman–Crippen LogP) is 3.32. The van der Waals surface area contributed by atoms with E-state index in [4.69, 9.17) is 4.55 Å². The largest absolute Gasteiger partial charge is 0.750 e. The summed E-state index contributed by atoms with van der Waals surface area (Å²) in [6.45, 7) is 5.75. The van der Waals surface area contributed by atoms with Crippen molar-refractivity contribution in [1.82, 2.24) is 0 Å². The van der Waals surface area contributed by atoms with Gasteiger partial charge in [-0.3, -0.25) is 9.35 Å². The third kappa shape index (κ3) is 30.2. The summed E-state index contributed by atoms with van der Waals surface area (Å²) in [5.41, 5.74) is 0. The van der Waals surface area contributed by atoms with Crippen molar-refractivity contribution in [2.45, 2.75) is 71.1 Å². The van der Waals surface area contributed by atoms with E-state index in [0.717, 1.165) is 12.8 Å². The van der Waals surface area contributed by atoms with E-state index in [9.17, 15) is 22.0 Å². The second-order valence-electron chi connectivity index (χ2n) is 5.91. The van der Waals surface area contributed by atoms with Crippen LogP contribution in [-0.2, 0) is 35.2 Å². The number of esters is 1. The Morgan fingerprint density at radius 3 is 1.96 bits per heavy atom. The molecule has 0 saturated heterocycles. The fraction of sp³-hybridized carbons (Fsp3) is 0.824. The van der Waals surface area contributed by atoms with Crippen molar-refractivity contribution in [2.75, 3.05) is 19.0 Å². The predicted molar refractivity (Wildman–Crippen MR) is 104 cm³/mol. The lowest BCUT2D eigenvalue weighted by Crippen LogP contribution is -2.17. The molecule has 10 heteroatoms. The van der Waals surface area contributed by atoms with Crippen molar-refractivity contribution in [1.29, 1.82) is 0 Å². The first-order chi connectivity index (χ1) is 12.7. The van der Waals surface area contributed by atoms with Crippen LogP contribution in [0.1, 0.15) is 71.1 Å². The summed E-state index contributed by atoms with van der Waals surface area (Å²) in [5.74, 6) is -2.01. The second kappa shape index (κ2) is 19.9. The Morgan fingerprint density at radius 2 is 1.56 bits per heavy atom. The van der Waals surface area contributed by atoms with E-state index >= 15 is 0 Å². The molecule has 0 radical (unpaired) electrons. The van der Waals surface area contributed by atoms with Gasteiger partial charge in [-0.2, -0.15) is 8.42 Å². The van der Waals surface area contributed by atoms with Crippen molar-refractivity contribution in [3.63, 3.8) is 0 Å². The normalized spacial score (nSPS) is 12.0. The summed E-state index contributed by atoms with van der Waals surface area (Å²) >= 11 is -2.33. The number of unbranched alkanes of at least 4 members (excludes halogenated alkanes) is 9. The quantitative estimate of drug-likeness (QED) is 0.130. The SMILES string of the molecule is C=CCOC(=O)CS(=O)(=O)O.CCCCCCCCCCCCOS(=O)[O-]. The van der Waals surface area contributed by atoms with E-state index in [2.05, 4.69) is 22.4 Å². The number of carbonyl (C=O) groups excluding carboxylic acids is 1. The maximum absolute atomic E-state index is 10.4. The second-order valence-corrected chi connectivity index (χ2v) is 8.00. The average molecular weight is 430 g/mol. The third-order valence-corrected chi connectivity index (χ3v) is 4.30. The van der Waals surface area contributed by atoms with Crippen molar-refractivity contribution >= 4 is 27.4 Å². The first-order valence-electron chi connectivity index (χ1n) is 9.17. The van der Waals surface area contributed by atoms with Gasteiger partial charge in [0.25, 0.3) is 10.1 Å². The fourth-order valence-electron chi connectivity index (χ4n) is 2.06. The number of carbonyl (C=O) groups is 1. The van der Waals surface area contributed by atoms with Crippen LogP contribution in [0.2, 0.25) is 0 Å². The Hall–Kier alpha value is -0.810. The number of ether oxygens (including phenoxy) is 1. The molecule has 0 aromatic heterocycles. The number of hydrogen-bond acceptors (Lipinski definition) is 7. The zero-order chi connectivity index (χ0) is 21.0. The summed E-state index contributed by atoms with van der Waals surface area (Å²) in [6, 6.07) is 0. The summed E-state index contributed by atoms with van der Waals surface area (Å²) in [6.07, 6.45) is 13.8. The monoisotopic (exact) mass is 429 g/mol. The van der Waals surface area contributed by atoms with Crippen molar-refractivity contribution < 1.29 is 35.4 Å². The molecule has 0 rings (SSSR count). The summed E-state index contributed by atoms with van der Waals surface area (Å²) in [5, 5.41) is 0. The van der Waals surface area contributed by atoms with Crippen molar-refractivity contribution in [3.8, 4) is 0 Å². The van der Waals surface area contributed by atoms with E-state index in [-0.39, 0.29) is 6.61 Å². The molecule has 0 aliphatic carbocycles. The summed E-state index contributed by atoms with van der Waals surface area (Å²) < 4.78 is 57.0. The minimum Gasteiger partial charge on any atom is -0.750 e. The third-order valence-electron chi connectivity index (χ3n) is 3.34. The molecule has 162 valence electrons. The van der Waals surface area contributed by atoms with E-state index in [1.807, 2.05) is 0 Å². The average Bonchev–Trinajstić information content (AvgIpc) is 2.56. The van der Waals surface area contributed by atoms with E-state index in [0.29, 0.717) is 6.61 Å². The van der Waals surface area contributed by atoms with Gasteiger partial charge in [-0.25, -0.2) is 4.21 Å². The topological polar surface area (TPSA) is 130 Å².